The van der Waals surface area contributed by atoms with Crippen LogP contribution in [-0.2, 0) is 10.3 Å². The summed E-state index contributed by atoms with van der Waals surface area (Å²) in [5, 5.41) is 3.88. The van der Waals surface area contributed by atoms with E-state index in [2.05, 4.69) is 5.14 Å². The Morgan fingerprint density at radius 3 is 1.80 bits per heavy atom. The smallest absolute Gasteiger partial charge is 0.274 e. The van der Waals surface area contributed by atoms with Gasteiger partial charge in [-0.1, -0.05) is 0 Å². The monoisotopic (exact) mass is 98.0 g/mol. The van der Waals surface area contributed by atoms with Gasteiger partial charge < -0.3 is 0 Å². The van der Waals surface area contributed by atoms with Crippen LogP contribution in [0, 0.1) is 0 Å². The van der Waals surface area contributed by atoms with Crippen molar-refractivity contribution in [2.45, 2.75) is 0 Å². The third-order valence-corrected chi connectivity index (χ3v) is 0. The zero-order valence-electron chi connectivity index (χ0n) is 3.25. The standard InChI is InChI=1S/H3NO3S/c1-5(2,3)4/h(H3,1,2,3,4)/p+1. The fourth-order valence-electron chi connectivity index (χ4n) is 0. The molecule has 0 rings (SSSR count). The van der Waals surface area contributed by atoms with Crippen LogP contribution in [0.2, 0.25) is 0 Å². The van der Waals surface area contributed by atoms with Crippen LogP contribution < -0.4 is 5.14 Å². The van der Waals surface area contributed by atoms with Crippen LogP contribution >= 0.6 is 0 Å². The maximum atomic E-state index is 8.97. The van der Waals surface area contributed by atoms with Crippen LogP contribution in [0.3, 0.4) is 0 Å². The first-order valence-electron chi connectivity index (χ1n) is 0.752. The summed E-state index contributed by atoms with van der Waals surface area (Å²) in [7, 11) is -4.17. The predicted octanol–water partition coefficient (Wildman–Crippen LogP) is -1.14. The molecule has 32 valence electrons. The summed E-state index contributed by atoms with van der Waals surface area (Å²) < 4.78 is 25.2. The minimum atomic E-state index is -4.17. The van der Waals surface area contributed by atoms with Gasteiger partial charge in [-0.15, -0.1) is 0 Å². The molecule has 0 fully saturated rings. The third-order valence-electron chi connectivity index (χ3n) is 0. The van der Waals surface area contributed by atoms with E-state index in [1.807, 2.05) is 0 Å². The quantitative estimate of drug-likeness (QED) is 0.376. The van der Waals surface area contributed by atoms with Crippen molar-refractivity contribution < 1.29 is 14.4 Å². The molecule has 0 aromatic rings. The average Bonchev–Trinajstić information content (AvgIpc) is 0.722. The van der Waals surface area contributed by atoms with E-state index >= 15 is 0 Å². The molecule has 0 aromatic carbocycles. The van der Waals surface area contributed by atoms with Gasteiger partial charge in [-0.25, -0.2) is 5.14 Å². The lowest BCUT2D eigenvalue weighted by atomic mass is 13.9. The Hall–Kier alpha value is -0.130. The van der Waals surface area contributed by atoms with Crippen LogP contribution in [-0.4, -0.2) is 13.0 Å². The molecule has 3 N–H and O–H groups in total. The Labute approximate surface area is 31.0 Å². The van der Waals surface area contributed by atoms with E-state index < -0.39 is 10.3 Å². The van der Waals surface area contributed by atoms with Gasteiger partial charge in [0.2, 0.25) is 0 Å². The molecule has 0 bridgehead atoms. The molecule has 0 unspecified atom stereocenters. The topological polar surface area (TPSA) is 80.4 Å². The van der Waals surface area contributed by atoms with Gasteiger partial charge >= 0.3 is 11.7 Å². The van der Waals surface area contributed by atoms with Gasteiger partial charge in [-0.3, -0.25) is 4.55 Å². The summed E-state index contributed by atoms with van der Waals surface area (Å²) in [6, 6.07) is 0. The summed E-state index contributed by atoms with van der Waals surface area (Å²) in [6.07, 6.45) is 0. The van der Waals surface area contributed by atoms with Crippen molar-refractivity contribution in [3.05, 3.63) is 0 Å². The second-order valence-corrected chi connectivity index (χ2v) is 1.54. The molecule has 0 saturated carbocycles. The Morgan fingerprint density at radius 1 is 1.80 bits per heavy atom. The summed E-state index contributed by atoms with van der Waals surface area (Å²) in [4.78, 5) is 0. The van der Waals surface area contributed by atoms with Crippen LogP contribution in [0.1, 0.15) is 1.43 Å². The minimum Gasteiger partial charge on any atom is -0.274 e. The summed E-state index contributed by atoms with van der Waals surface area (Å²) in [6.45, 7) is 0. The summed E-state index contributed by atoms with van der Waals surface area (Å²) in [5.41, 5.74) is 0. The highest BCUT2D eigenvalue weighted by molar-refractivity contribution is 7.83. The fraction of sp³-hybridized carbons (Fsp3) is 0. The zero-order valence-corrected chi connectivity index (χ0v) is 3.07. The van der Waals surface area contributed by atoms with Crippen molar-refractivity contribution in [3.8, 4) is 0 Å². The predicted molar refractivity (Wildman–Crippen MR) is 16.8 cm³/mol. The van der Waals surface area contributed by atoms with E-state index in [-0.39, 0.29) is 1.43 Å². The van der Waals surface area contributed by atoms with Crippen LogP contribution in [0.4, 0.5) is 0 Å². The second kappa shape index (κ2) is 0.925. The maximum absolute atomic E-state index is 8.97. The summed E-state index contributed by atoms with van der Waals surface area (Å²) in [5.74, 6) is 0. The fourth-order valence-corrected chi connectivity index (χ4v) is 0. The van der Waals surface area contributed by atoms with Gasteiger partial charge in [0.1, 0.15) is 0 Å². The number of hydrogen-bond donors (Lipinski definition) is 2. The highest BCUT2D eigenvalue weighted by atomic mass is 32.2. The lowest BCUT2D eigenvalue weighted by Crippen LogP contribution is -2.08. The Morgan fingerprint density at radius 2 is 1.80 bits per heavy atom. The number of hydrogen-bond acceptors (Lipinski definition) is 2. The third kappa shape index (κ3) is 801. The summed E-state index contributed by atoms with van der Waals surface area (Å²) >= 11 is 0. The molecule has 0 aliphatic heterocycles. The normalized spacial score (nSPS) is 11.6. The first-order chi connectivity index (χ1) is 2.00. The van der Waals surface area contributed by atoms with Crippen molar-refractivity contribution in [1.82, 2.24) is 0 Å². The molecule has 0 spiro atoms. The molecular weight excluding hydrogens is 94.1 g/mol. The van der Waals surface area contributed by atoms with Gasteiger partial charge in [-0.05, 0) is 0 Å². The SMILES string of the molecule is NS(=O)(=O)O.[H+]. The minimum absolute atomic E-state index is 0. The highest BCUT2D eigenvalue weighted by Gasteiger charge is 1.81. The Bertz CT molecular complexity index is 94.0. The molecule has 5 heavy (non-hydrogen) atoms. The first-order valence-corrected chi connectivity index (χ1v) is 2.25. The van der Waals surface area contributed by atoms with Gasteiger partial charge in [-0.2, -0.15) is 8.42 Å². The van der Waals surface area contributed by atoms with E-state index in [4.69, 9.17) is 13.0 Å². The van der Waals surface area contributed by atoms with Crippen molar-refractivity contribution in [2.75, 3.05) is 0 Å². The van der Waals surface area contributed by atoms with E-state index in [9.17, 15) is 0 Å². The Kier molecular flexibility index (Phi) is 0.901. The lowest BCUT2D eigenvalue weighted by Gasteiger charge is -1.70. The van der Waals surface area contributed by atoms with Gasteiger partial charge in [0.25, 0.3) is 0 Å². The van der Waals surface area contributed by atoms with Crippen LogP contribution in [0.25, 0.3) is 0 Å². The Balaban J connectivity index is 0. The van der Waals surface area contributed by atoms with Gasteiger partial charge in [0, 0.05) is 0 Å². The highest BCUT2D eigenvalue weighted by Crippen LogP contribution is 1.50. The maximum Gasteiger partial charge on any atom is 1.00 e. The number of rotatable bonds is 0. The van der Waals surface area contributed by atoms with Gasteiger partial charge in [0.05, 0.1) is 0 Å². The molecule has 0 aliphatic carbocycles. The first kappa shape index (κ1) is 4.87. The van der Waals surface area contributed by atoms with Crippen LogP contribution in [0.15, 0.2) is 0 Å². The van der Waals surface area contributed by atoms with E-state index in [1.165, 1.54) is 0 Å². The molecule has 0 atom stereocenters. The molecule has 0 heterocycles. The van der Waals surface area contributed by atoms with E-state index in [0.29, 0.717) is 0 Å². The van der Waals surface area contributed by atoms with Crippen molar-refractivity contribution in [1.29, 1.82) is 0 Å². The lowest BCUT2D eigenvalue weighted by molar-refractivity contribution is 0.485. The van der Waals surface area contributed by atoms with Crippen molar-refractivity contribution in [2.24, 2.45) is 5.14 Å². The van der Waals surface area contributed by atoms with Crippen LogP contribution in [0.5, 0.6) is 0 Å². The molecule has 0 radical (unpaired) electrons. The van der Waals surface area contributed by atoms with E-state index in [1.54, 1.807) is 0 Å². The largest absolute Gasteiger partial charge is 1.00 e. The molecule has 0 aromatic heterocycles. The molecule has 0 amide bonds. The molecule has 4 nitrogen and oxygen atoms in total. The second-order valence-electron chi connectivity index (χ2n) is 0.515. The van der Waals surface area contributed by atoms with Crippen molar-refractivity contribution >= 4 is 10.3 Å². The van der Waals surface area contributed by atoms with Crippen molar-refractivity contribution in [3.63, 3.8) is 0 Å². The zero-order chi connectivity index (χ0) is 4.50. The molecular formula is H4NO3S+. The molecule has 0 aliphatic rings. The van der Waals surface area contributed by atoms with E-state index in [0.717, 1.165) is 0 Å². The molecule has 0 saturated heterocycles. The molecule has 5 heteroatoms. The number of nitrogens with two attached hydrogens (primary N) is 1. The average molecular weight is 98.1 g/mol. The van der Waals surface area contributed by atoms with Gasteiger partial charge in [0.15, 0.2) is 0 Å².